The predicted octanol–water partition coefficient (Wildman–Crippen LogP) is 6.02. The van der Waals surface area contributed by atoms with Crippen LogP contribution in [0.15, 0.2) is 88.8 Å². The number of amides is 1. The van der Waals surface area contributed by atoms with Crippen LogP contribution in [-0.2, 0) is 16.0 Å². The molecule has 0 bridgehead atoms. The average molecular weight is 471 g/mol. The topological polar surface area (TPSA) is 59.0 Å². The molecule has 34 heavy (non-hydrogen) atoms. The molecule has 1 aliphatic heterocycles. The summed E-state index contributed by atoms with van der Waals surface area (Å²) in [6, 6.07) is 25.1. The van der Waals surface area contributed by atoms with E-state index in [9.17, 15) is 9.59 Å². The first-order valence-corrected chi connectivity index (χ1v) is 12.0. The van der Waals surface area contributed by atoms with E-state index in [1.807, 2.05) is 67.6 Å². The van der Waals surface area contributed by atoms with E-state index >= 15 is 0 Å². The van der Waals surface area contributed by atoms with Crippen LogP contribution >= 0.6 is 11.8 Å². The van der Waals surface area contributed by atoms with Gasteiger partial charge < -0.3 is 4.74 Å². The van der Waals surface area contributed by atoms with Crippen molar-refractivity contribution in [2.24, 2.45) is 4.99 Å². The molecule has 172 valence electrons. The molecule has 1 aliphatic rings. The largest absolute Gasteiger partial charge is 0.462 e. The smallest absolute Gasteiger partial charge is 0.338 e. The van der Waals surface area contributed by atoms with E-state index < -0.39 is 0 Å². The molecule has 0 unspecified atom stereocenters. The van der Waals surface area contributed by atoms with E-state index in [2.05, 4.69) is 12.1 Å². The lowest BCUT2D eigenvalue weighted by Crippen LogP contribution is -2.31. The van der Waals surface area contributed by atoms with Crippen molar-refractivity contribution in [1.82, 2.24) is 4.90 Å². The van der Waals surface area contributed by atoms with Crippen LogP contribution in [0.5, 0.6) is 0 Å². The normalized spacial score (nSPS) is 15.8. The molecular formula is C28H26N2O3S. The summed E-state index contributed by atoms with van der Waals surface area (Å²) in [5, 5.41) is 0.666. The number of aryl methyl sites for hydroxylation is 1. The van der Waals surface area contributed by atoms with Crippen molar-refractivity contribution in [3.05, 3.63) is 106 Å². The molecule has 0 N–H and O–H groups in total. The Labute approximate surface area is 204 Å². The number of esters is 1. The molecule has 3 aromatic rings. The van der Waals surface area contributed by atoms with Crippen molar-refractivity contribution >= 4 is 40.6 Å². The maximum absolute atomic E-state index is 13.3. The fourth-order valence-electron chi connectivity index (χ4n) is 3.49. The van der Waals surface area contributed by atoms with Crippen molar-refractivity contribution in [2.75, 3.05) is 13.2 Å². The predicted molar refractivity (Wildman–Crippen MR) is 138 cm³/mol. The molecule has 0 saturated carbocycles. The summed E-state index contributed by atoms with van der Waals surface area (Å²) in [5.41, 5.74) is 4.46. The van der Waals surface area contributed by atoms with Gasteiger partial charge in [-0.15, -0.1) is 0 Å². The zero-order chi connectivity index (χ0) is 23.9. The lowest BCUT2D eigenvalue weighted by Gasteiger charge is -2.15. The lowest BCUT2D eigenvalue weighted by molar-refractivity contribution is -0.122. The molecule has 1 heterocycles. The molecule has 1 fully saturated rings. The summed E-state index contributed by atoms with van der Waals surface area (Å²) in [5.74, 6) is -0.422. The van der Waals surface area contributed by atoms with Gasteiger partial charge in [0.25, 0.3) is 5.91 Å². The fraction of sp³-hybridized carbons (Fsp3) is 0.179. The van der Waals surface area contributed by atoms with Gasteiger partial charge in [0, 0.05) is 6.54 Å². The van der Waals surface area contributed by atoms with Crippen molar-refractivity contribution < 1.29 is 14.3 Å². The third-order valence-corrected chi connectivity index (χ3v) is 6.34. The number of nitrogens with zero attached hydrogens (tertiary/aromatic N) is 2. The molecule has 0 atom stereocenters. The Balaban J connectivity index is 1.59. The maximum atomic E-state index is 13.3. The highest BCUT2D eigenvalue weighted by Crippen LogP contribution is 2.34. The Kier molecular flexibility index (Phi) is 7.60. The summed E-state index contributed by atoms with van der Waals surface area (Å²) >= 11 is 1.37. The maximum Gasteiger partial charge on any atom is 0.338 e. The standard InChI is InChI=1S/C28H26N2O3S/c1-3-33-27(32)23-13-11-22(12-14-23)19-25-26(31)30(18-17-21-7-5-4-6-8-21)28(34-25)29-24-15-9-20(2)10-16-24/h4-16,19H,3,17-18H2,1-2H3/b25-19+,29-28?. The monoisotopic (exact) mass is 470 g/mol. The van der Waals surface area contributed by atoms with Crippen LogP contribution in [0.1, 0.15) is 34.0 Å². The number of hydrogen-bond donors (Lipinski definition) is 0. The Morgan fingerprint density at radius 2 is 1.71 bits per heavy atom. The Morgan fingerprint density at radius 3 is 2.38 bits per heavy atom. The molecule has 4 rings (SSSR count). The number of benzene rings is 3. The minimum atomic E-state index is -0.354. The molecule has 5 nitrogen and oxygen atoms in total. The van der Waals surface area contributed by atoms with E-state index in [0.717, 1.165) is 23.2 Å². The number of thioether (sulfide) groups is 1. The zero-order valence-electron chi connectivity index (χ0n) is 19.2. The minimum absolute atomic E-state index is 0.0683. The quantitative estimate of drug-likeness (QED) is 0.313. The van der Waals surface area contributed by atoms with Gasteiger partial charge in [-0.05, 0) is 73.5 Å². The van der Waals surface area contributed by atoms with E-state index in [0.29, 0.717) is 28.8 Å². The Hall–Kier alpha value is -3.64. The molecule has 0 spiro atoms. The molecule has 0 aromatic heterocycles. The zero-order valence-corrected chi connectivity index (χ0v) is 20.0. The van der Waals surface area contributed by atoms with Crippen molar-refractivity contribution in [2.45, 2.75) is 20.3 Å². The molecule has 1 amide bonds. The number of aliphatic imine (C=N–C) groups is 1. The number of ether oxygens (including phenoxy) is 1. The Bertz CT molecular complexity index is 1220. The van der Waals surface area contributed by atoms with E-state index in [-0.39, 0.29) is 11.9 Å². The second-order valence-corrected chi connectivity index (χ2v) is 8.88. The van der Waals surface area contributed by atoms with Gasteiger partial charge in [-0.25, -0.2) is 9.79 Å². The molecule has 1 saturated heterocycles. The van der Waals surface area contributed by atoms with Gasteiger partial charge in [0.2, 0.25) is 0 Å². The average Bonchev–Trinajstić information content (AvgIpc) is 3.14. The number of amidine groups is 1. The van der Waals surface area contributed by atoms with Gasteiger partial charge in [-0.3, -0.25) is 9.69 Å². The van der Waals surface area contributed by atoms with Crippen LogP contribution in [0.4, 0.5) is 5.69 Å². The fourth-order valence-corrected chi connectivity index (χ4v) is 4.51. The first-order chi connectivity index (χ1) is 16.5. The molecular weight excluding hydrogens is 444 g/mol. The summed E-state index contributed by atoms with van der Waals surface area (Å²) in [6.07, 6.45) is 2.58. The molecule has 0 radical (unpaired) electrons. The van der Waals surface area contributed by atoms with Crippen LogP contribution in [0.3, 0.4) is 0 Å². The second-order valence-electron chi connectivity index (χ2n) is 7.88. The number of rotatable bonds is 7. The van der Waals surface area contributed by atoms with Gasteiger partial charge in [0.05, 0.1) is 22.8 Å². The van der Waals surface area contributed by atoms with E-state index in [1.54, 1.807) is 24.0 Å². The number of hydrogen-bond acceptors (Lipinski definition) is 5. The molecule has 6 heteroatoms. The second kappa shape index (κ2) is 11.0. The summed E-state index contributed by atoms with van der Waals surface area (Å²) in [6.45, 7) is 4.68. The van der Waals surface area contributed by atoms with Crippen molar-refractivity contribution in [3.63, 3.8) is 0 Å². The third kappa shape index (κ3) is 5.83. The summed E-state index contributed by atoms with van der Waals surface area (Å²) in [4.78, 5) is 32.4. The van der Waals surface area contributed by atoms with E-state index in [1.165, 1.54) is 17.3 Å². The number of carbonyl (C=O) groups excluding carboxylic acids is 2. The van der Waals surface area contributed by atoms with Crippen LogP contribution in [0.2, 0.25) is 0 Å². The van der Waals surface area contributed by atoms with Gasteiger partial charge in [0.1, 0.15) is 0 Å². The van der Waals surface area contributed by atoms with Crippen LogP contribution in [-0.4, -0.2) is 35.1 Å². The van der Waals surface area contributed by atoms with Gasteiger partial charge >= 0.3 is 5.97 Å². The highest BCUT2D eigenvalue weighted by Gasteiger charge is 2.33. The molecule has 3 aromatic carbocycles. The summed E-state index contributed by atoms with van der Waals surface area (Å²) in [7, 11) is 0. The lowest BCUT2D eigenvalue weighted by atomic mass is 10.1. The highest BCUT2D eigenvalue weighted by atomic mass is 32.2. The van der Waals surface area contributed by atoms with Crippen LogP contribution in [0.25, 0.3) is 6.08 Å². The van der Waals surface area contributed by atoms with Crippen LogP contribution < -0.4 is 0 Å². The first-order valence-electron chi connectivity index (χ1n) is 11.2. The third-order valence-electron chi connectivity index (χ3n) is 5.33. The van der Waals surface area contributed by atoms with Gasteiger partial charge in [-0.1, -0.05) is 60.2 Å². The van der Waals surface area contributed by atoms with Gasteiger partial charge in [0.15, 0.2) is 5.17 Å². The summed E-state index contributed by atoms with van der Waals surface area (Å²) < 4.78 is 5.04. The van der Waals surface area contributed by atoms with E-state index in [4.69, 9.17) is 9.73 Å². The highest BCUT2D eigenvalue weighted by molar-refractivity contribution is 8.18. The SMILES string of the molecule is CCOC(=O)c1ccc(/C=C2/SC(=Nc3ccc(C)cc3)N(CCc3ccccc3)C2=O)cc1. The minimum Gasteiger partial charge on any atom is -0.462 e. The van der Waals surface area contributed by atoms with Crippen LogP contribution in [0, 0.1) is 6.92 Å². The first kappa shape index (κ1) is 23.5. The van der Waals surface area contributed by atoms with Crippen molar-refractivity contribution in [1.29, 1.82) is 0 Å². The Morgan fingerprint density at radius 1 is 1.00 bits per heavy atom. The molecule has 0 aliphatic carbocycles. The van der Waals surface area contributed by atoms with Gasteiger partial charge in [-0.2, -0.15) is 0 Å². The number of carbonyl (C=O) groups is 2. The van der Waals surface area contributed by atoms with Crippen molar-refractivity contribution in [3.8, 4) is 0 Å².